The van der Waals surface area contributed by atoms with E-state index in [1.165, 1.54) is 19.2 Å². The summed E-state index contributed by atoms with van der Waals surface area (Å²) in [5, 5.41) is 6.09. The Balaban J connectivity index is 1.73. The van der Waals surface area contributed by atoms with Crippen molar-refractivity contribution in [3.8, 4) is 17.1 Å². The van der Waals surface area contributed by atoms with Crippen LogP contribution in [0.25, 0.3) is 11.4 Å². The van der Waals surface area contributed by atoms with E-state index in [9.17, 15) is 18.0 Å². The zero-order valence-corrected chi connectivity index (χ0v) is 16.8. The van der Waals surface area contributed by atoms with Gasteiger partial charge in [-0.25, -0.2) is 0 Å². The van der Waals surface area contributed by atoms with Crippen LogP contribution >= 0.6 is 15.9 Å². The summed E-state index contributed by atoms with van der Waals surface area (Å²) >= 11 is 3.38. The zero-order chi connectivity index (χ0) is 21.2. The van der Waals surface area contributed by atoms with Gasteiger partial charge in [-0.15, -0.1) is 0 Å². The molecule has 1 atom stereocenters. The summed E-state index contributed by atoms with van der Waals surface area (Å²) in [5.41, 5.74) is 1.51. The first kappa shape index (κ1) is 20.8. The summed E-state index contributed by atoms with van der Waals surface area (Å²) in [5.74, 6) is -1.80. The Kier molecular flexibility index (Phi) is 5.92. The molecule has 0 aliphatic heterocycles. The smallest absolute Gasteiger partial charge is 0.471 e. The van der Waals surface area contributed by atoms with Crippen molar-refractivity contribution in [3.63, 3.8) is 0 Å². The molecule has 29 heavy (non-hydrogen) atoms. The number of benzene rings is 2. The third-order valence-electron chi connectivity index (χ3n) is 4.13. The van der Waals surface area contributed by atoms with Gasteiger partial charge >= 0.3 is 12.1 Å². The van der Waals surface area contributed by atoms with Crippen LogP contribution in [0.1, 0.15) is 24.3 Å². The molecular formula is C19H15BrF3N3O3. The number of methoxy groups -OCH3 is 1. The largest absolute Gasteiger partial charge is 0.496 e. The predicted octanol–water partition coefficient (Wildman–Crippen LogP) is 5.27. The summed E-state index contributed by atoms with van der Waals surface area (Å²) in [7, 11) is 1.53. The number of aromatic nitrogens is 2. The van der Waals surface area contributed by atoms with Gasteiger partial charge in [-0.3, -0.25) is 4.79 Å². The number of rotatable bonds is 5. The maximum Gasteiger partial charge on any atom is 0.471 e. The average Bonchev–Trinajstić information content (AvgIpc) is 3.18. The van der Waals surface area contributed by atoms with Gasteiger partial charge in [-0.2, -0.15) is 18.2 Å². The van der Waals surface area contributed by atoms with E-state index in [4.69, 9.17) is 4.74 Å². The van der Waals surface area contributed by atoms with Gasteiger partial charge in [0, 0.05) is 21.3 Å². The van der Waals surface area contributed by atoms with Crippen LogP contribution in [0.3, 0.4) is 0 Å². The molecule has 0 saturated carbocycles. The van der Waals surface area contributed by atoms with Gasteiger partial charge in [0.2, 0.25) is 11.7 Å². The standard InChI is InChI=1S/C19H15BrF3N3O3/c1-10(14-9-12(20)5-8-15(14)28-2)17(27)24-13-6-3-11(4-7-13)16-25-18(29-26-16)19(21,22)23/h3-10H,1-2H3,(H,24,27). The first-order valence-corrected chi connectivity index (χ1v) is 9.14. The second kappa shape index (κ2) is 8.24. The summed E-state index contributed by atoms with van der Waals surface area (Å²) in [4.78, 5) is 15.9. The fraction of sp³-hybridized carbons (Fsp3) is 0.211. The molecule has 0 radical (unpaired) electrons. The summed E-state index contributed by atoms with van der Waals surface area (Å²) < 4.78 is 48.0. The molecule has 0 fully saturated rings. The lowest BCUT2D eigenvalue weighted by atomic mass is 9.99. The van der Waals surface area contributed by atoms with Crippen molar-refractivity contribution in [3.05, 3.63) is 58.4 Å². The Hall–Kier alpha value is -2.88. The van der Waals surface area contributed by atoms with Gasteiger partial charge in [0.05, 0.1) is 13.0 Å². The Morgan fingerprint density at radius 1 is 1.21 bits per heavy atom. The third-order valence-corrected chi connectivity index (χ3v) is 4.62. The molecule has 2 aromatic carbocycles. The molecule has 3 rings (SSSR count). The molecule has 6 nitrogen and oxygen atoms in total. The normalized spacial score (nSPS) is 12.5. The highest BCUT2D eigenvalue weighted by molar-refractivity contribution is 9.10. The van der Waals surface area contributed by atoms with Gasteiger partial charge < -0.3 is 14.6 Å². The van der Waals surface area contributed by atoms with E-state index in [0.29, 0.717) is 22.6 Å². The lowest BCUT2D eigenvalue weighted by Crippen LogP contribution is -2.19. The first-order valence-electron chi connectivity index (χ1n) is 8.34. The Labute approximate surface area is 172 Å². The van der Waals surface area contributed by atoms with Crippen LogP contribution in [-0.2, 0) is 11.0 Å². The highest BCUT2D eigenvalue weighted by Gasteiger charge is 2.38. The van der Waals surface area contributed by atoms with Gasteiger partial charge in [0.25, 0.3) is 0 Å². The number of carbonyl (C=O) groups excluding carboxylic acids is 1. The molecule has 1 aromatic heterocycles. The number of ether oxygens (including phenoxy) is 1. The quantitative estimate of drug-likeness (QED) is 0.550. The highest BCUT2D eigenvalue weighted by atomic mass is 79.9. The van der Waals surface area contributed by atoms with Crippen molar-refractivity contribution in [2.45, 2.75) is 19.0 Å². The Morgan fingerprint density at radius 2 is 1.90 bits per heavy atom. The molecule has 0 bridgehead atoms. The predicted molar refractivity (Wildman–Crippen MR) is 102 cm³/mol. The molecule has 1 heterocycles. The van der Waals surface area contributed by atoms with Crippen LogP contribution < -0.4 is 10.1 Å². The van der Waals surface area contributed by atoms with Crippen molar-refractivity contribution in [2.24, 2.45) is 0 Å². The second-order valence-electron chi connectivity index (χ2n) is 6.10. The molecule has 152 valence electrons. The number of nitrogens with zero attached hydrogens (tertiary/aromatic N) is 2. The number of carbonyl (C=O) groups is 1. The van der Waals surface area contributed by atoms with E-state index in [1.807, 2.05) is 6.07 Å². The first-order chi connectivity index (χ1) is 13.7. The summed E-state index contributed by atoms with van der Waals surface area (Å²) in [6.07, 6.45) is -4.71. The maximum absolute atomic E-state index is 12.6. The second-order valence-corrected chi connectivity index (χ2v) is 7.01. The fourth-order valence-corrected chi connectivity index (χ4v) is 2.97. The van der Waals surface area contributed by atoms with Crippen molar-refractivity contribution in [1.82, 2.24) is 10.1 Å². The number of amides is 1. The highest BCUT2D eigenvalue weighted by Crippen LogP contribution is 2.31. The van der Waals surface area contributed by atoms with E-state index in [0.717, 1.165) is 4.47 Å². The zero-order valence-electron chi connectivity index (χ0n) is 15.2. The topological polar surface area (TPSA) is 77.2 Å². The van der Waals surface area contributed by atoms with Gasteiger partial charge in [-0.1, -0.05) is 21.1 Å². The van der Waals surface area contributed by atoms with E-state index in [2.05, 4.69) is 35.9 Å². The lowest BCUT2D eigenvalue weighted by molar-refractivity contribution is -0.159. The number of halogens is 4. The number of anilines is 1. The van der Waals surface area contributed by atoms with Crippen LogP contribution in [0.5, 0.6) is 5.75 Å². The number of hydrogen-bond acceptors (Lipinski definition) is 5. The van der Waals surface area contributed by atoms with Crippen LogP contribution in [0.4, 0.5) is 18.9 Å². The van der Waals surface area contributed by atoms with Crippen LogP contribution in [0.15, 0.2) is 51.5 Å². The average molecular weight is 470 g/mol. The molecule has 0 spiro atoms. The van der Waals surface area contributed by atoms with E-state index >= 15 is 0 Å². The minimum absolute atomic E-state index is 0.192. The molecule has 0 saturated heterocycles. The van der Waals surface area contributed by atoms with Crippen LogP contribution in [0, 0.1) is 0 Å². The van der Waals surface area contributed by atoms with Crippen molar-refractivity contribution >= 4 is 27.5 Å². The molecule has 0 aliphatic carbocycles. The van der Waals surface area contributed by atoms with Crippen molar-refractivity contribution in [2.75, 3.05) is 12.4 Å². The SMILES string of the molecule is COc1ccc(Br)cc1C(C)C(=O)Nc1ccc(-c2noc(C(F)(F)F)n2)cc1. The lowest BCUT2D eigenvalue weighted by Gasteiger charge is -2.16. The fourth-order valence-electron chi connectivity index (χ4n) is 2.59. The maximum atomic E-state index is 12.6. The summed E-state index contributed by atoms with van der Waals surface area (Å²) in [6.45, 7) is 1.74. The van der Waals surface area contributed by atoms with Crippen molar-refractivity contribution in [1.29, 1.82) is 0 Å². The van der Waals surface area contributed by atoms with Crippen LogP contribution in [-0.4, -0.2) is 23.2 Å². The van der Waals surface area contributed by atoms with Gasteiger partial charge in [0.1, 0.15) is 5.75 Å². The Morgan fingerprint density at radius 3 is 2.48 bits per heavy atom. The minimum Gasteiger partial charge on any atom is -0.496 e. The molecule has 3 aromatic rings. The van der Waals surface area contributed by atoms with E-state index in [-0.39, 0.29) is 11.7 Å². The number of hydrogen-bond donors (Lipinski definition) is 1. The minimum atomic E-state index is -4.71. The van der Waals surface area contributed by atoms with Gasteiger partial charge in [0.15, 0.2) is 0 Å². The van der Waals surface area contributed by atoms with Crippen LogP contribution in [0.2, 0.25) is 0 Å². The monoisotopic (exact) mass is 469 g/mol. The molecule has 1 amide bonds. The number of alkyl halides is 3. The third kappa shape index (κ3) is 4.76. The molecule has 1 unspecified atom stereocenters. The number of nitrogens with one attached hydrogen (secondary N) is 1. The van der Waals surface area contributed by atoms with E-state index < -0.39 is 18.0 Å². The van der Waals surface area contributed by atoms with E-state index in [1.54, 1.807) is 31.2 Å². The molecule has 0 aliphatic rings. The molecule has 1 N–H and O–H groups in total. The molecular weight excluding hydrogens is 455 g/mol. The summed E-state index contributed by atoms with van der Waals surface area (Å²) in [6, 6.07) is 11.5. The van der Waals surface area contributed by atoms with Crippen molar-refractivity contribution < 1.29 is 27.2 Å². The van der Waals surface area contributed by atoms with Gasteiger partial charge in [-0.05, 0) is 49.4 Å². The molecule has 10 heteroatoms. The Bertz CT molecular complexity index is 1020.